The van der Waals surface area contributed by atoms with Crippen LogP contribution < -0.4 is 22.1 Å². The van der Waals surface area contributed by atoms with Crippen molar-refractivity contribution in [2.75, 3.05) is 31.1 Å². The zero-order chi connectivity index (χ0) is 25.3. The van der Waals surface area contributed by atoms with Gasteiger partial charge in [0, 0.05) is 25.2 Å². The molecule has 0 bridgehead atoms. The molecule has 2 amide bonds. The third-order valence-corrected chi connectivity index (χ3v) is 7.06. The van der Waals surface area contributed by atoms with E-state index in [1.54, 1.807) is 0 Å². The number of guanidine groups is 1. The number of hydrogen-bond donors (Lipinski definition) is 5. The topological polar surface area (TPSA) is 193 Å². The molecule has 1 aromatic carbocycles. The third kappa shape index (κ3) is 4.93. The Labute approximate surface area is 219 Å². The molecular formula is C22H24IN11O2. The van der Waals surface area contributed by atoms with E-state index in [0.29, 0.717) is 53.8 Å². The first-order valence-electron chi connectivity index (χ1n) is 11.3. The van der Waals surface area contributed by atoms with Gasteiger partial charge >= 0.3 is 5.91 Å². The van der Waals surface area contributed by atoms with Crippen molar-refractivity contribution >= 4 is 52.0 Å². The molecule has 186 valence electrons. The number of piperidine rings is 1. The first-order chi connectivity index (χ1) is 17.3. The Balaban J connectivity index is 1.17. The molecule has 2 aliphatic rings. The Bertz CT molecular complexity index is 1330. The molecule has 13 nitrogen and oxygen atoms in total. The van der Waals surface area contributed by atoms with Gasteiger partial charge in [-0.05, 0) is 35.4 Å². The lowest BCUT2D eigenvalue weighted by molar-refractivity contribution is -0.132. The fraction of sp³-hybridized carbons (Fsp3) is 0.318. The highest BCUT2D eigenvalue weighted by Gasteiger charge is 2.40. The van der Waals surface area contributed by atoms with E-state index in [9.17, 15) is 9.59 Å². The van der Waals surface area contributed by atoms with Gasteiger partial charge in [0.05, 0.1) is 12.0 Å². The number of nitrogen functional groups attached to an aromatic ring is 2. The van der Waals surface area contributed by atoms with Gasteiger partial charge < -0.3 is 32.0 Å². The van der Waals surface area contributed by atoms with E-state index < -0.39 is 5.91 Å². The molecule has 36 heavy (non-hydrogen) atoms. The number of carbonyl (C=O) groups is 2. The number of halogens is 1. The summed E-state index contributed by atoms with van der Waals surface area (Å²) in [5.74, 6) is 0.997. The van der Waals surface area contributed by atoms with Crippen LogP contribution in [0.3, 0.4) is 0 Å². The molecule has 7 N–H and O–H groups in total. The van der Waals surface area contributed by atoms with Crippen LogP contribution in [-0.2, 0) is 11.2 Å². The number of nitrogens with one attached hydrogen (secondary N) is 3. The first kappa shape index (κ1) is 23.9. The van der Waals surface area contributed by atoms with E-state index in [1.807, 2.05) is 57.8 Å². The van der Waals surface area contributed by atoms with Crippen molar-refractivity contribution in [3.05, 3.63) is 45.6 Å². The molecule has 0 unspecified atom stereocenters. The zero-order valence-corrected chi connectivity index (χ0v) is 21.3. The molecule has 5 rings (SSSR count). The SMILES string of the molecule is Nc1nc(N)c(C(=O)/N=C2\NCC3(CCN(C(=O)Cc4nnc(-c5ccccc5)[nH]4)CC3)N2)nc1I. The summed E-state index contributed by atoms with van der Waals surface area (Å²) in [6, 6.07) is 9.64. The zero-order valence-electron chi connectivity index (χ0n) is 19.2. The summed E-state index contributed by atoms with van der Waals surface area (Å²) < 4.78 is 0.382. The van der Waals surface area contributed by atoms with E-state index in [0.717, 1.165) is 5.56 Å². The number of benzene rings is 1. The fourth-order valence-electron chi connectivity index (χ4n) is 4.26. The number of amides is 2. The van der Waals surface area contributed by atoms with Crippen LogP contribution in [0, 0.1) is 3.70 Å². The third-order valence-electron chi connectivity index (χ3n) is 6.27. The molecule has 14 heteroatoms. The van der Waals surface area contributed by atoms with Crippen LogP contribution in [-0.4, -0.2) is 73.0 Å². The number of nitrogens with two attached hydrogens (primary N) is 2. The summed E-state index contributed by atoms with van der Waals surface area (Å²) in [4.78, 5) is 42.6. The van der Waals surface area contributed by atoms with Crippen molar-refractivity contribution in [1.82, 2.24) is 40.7 Å². The molecule has 2 aromatic heterocycles. The van der Waals surface area contributed by atoms with Crippen molar-refractivity contribution in [3.63, 3.8) is 0 Å². The van der Waals surface area contributed by atoms with Crippen LogP contribution in [0.5, 0.6) is 0 Å². The number of rotatable bonds is 4. The number of aliphatic imine (C=N–C) groups is 1. The Morgan fingerprint density at radius 3 is 2.58 bits per heavy atom. The van der Waals surface area contributed by atoms with Gasteiger partial charge in [0.1, 0.15) is 9.53 Å². The molecule has 0 radical (unpaired) electrons. The van der Waals surface area contributed by atoms with Gasteiger partial charge in [-0.15, -0.1) is 10.2 Å². The number of nitrogens with zero attached hydrogens (tertiary/aromatic N) is 6. The number of anilines is 2. The highest BCUT2D eigenvalue weighted by Crippen LogP contribution is 2.25. The lowest BCUT2D eigenvalue weighted by Crippen LogP contribution is -2.54. The minimum Gasteiger partial charge on any atom is -0.382 e. The van der Waals surface area contributed by atoms with Gasteiger partial charge in [0.15, 0.2) is 29.1 Å². The minimum absolute atomic E-state index is 0.0114. The summed E-state index contributed by atoms with van der Waals surface area (Å²) in [5, 5.41) is 14.7. The number of aromatic amines is 1. The second-order valence-corrected chi connectivity index (χ2v) is 9.72. The largest absolute Gasteiger partial charge is 0.382 e. The smallest absolute Gasteiger partial charge is 0.302 e. The number of H-pyrrole nitrogens is 1. The summed E-state index contributed by atoms with van der Waals surface area (Å²) >= 11 is 1.88. The van der Waals surface area contributed by atoms with Crippen LogP contribution in [0.1, 0.15) is 29.2 Å². The second kappa shape index (κ2) is 9.67. The van der Waals surface area contributed by atoms with Gasteiger partial charge in [0.25, 0.3) is 0 Å². The predicted molar refractivity (Wildman–Crippen MR) is 141 cm³/mol. The Hall–Kier alpha value is -3.82. The van der Waals surface area contributed by atoms with E-state index in [-0.39, 0.29) is 35.2 Å². The van der Waals surface area contributed by atoms with E-state index in [4.69, 9.17) is 11.5 Å². The highest BCUT2D eigenvalue weighted by atomic mass is 127. The van der Waals surface area contributed by atoms with E-state index >= 15 is 0 Å². The van der Waals surface area contributed by atoms with E-state index in [1.165, 1.54) is 0 Å². The fourth-order valence-corrected chi connectivity index (χ4v) is 4.62. The van der Waals surface area contributed by atoms with Crippen LogP contribution >= 0.6 is 22.6 Å². The molecule has 1 spiro atoms. The van der Waals surface area contributed by atoms with Crippen molar-refractivity contribution in [2.24, 2.45) is 4.99 Å². The van der Waals surface area contributed by atoms with Crippen molar-refractivity contribution in [1.29, 1.82) is 0 Å². The molecule has 2 fully saturated rings. The number of aromatic nitrogens is 5. The standard InChI is InChI=1S/C22H24IN11O2/c23-16-18(25)29-17(24)15(28-16)20(36)30-21-26-11-22(31-21)6-8-34(9-7-22)14(35)10-13-27-19(33-32-13)12-4-2-1-3-5-12/h1-5H,6-11H2,(H4,24,25,29)(H,27,32,33)(H2,26,30,31,36). The number of hydrogen-bond acceptors (Lipinski definition) is 8. The molecule has 2 saturated heterocycles. The summed E-state index contributed by atoms with van der Waals surface area (Å²) in [6.07, 6.45) is 1.56. The Morgan fingerprint density at radius 2 is 1.83 bits per heavy atom. The summed E-state index contributed by atoms with van der Waals surface area (Å²) in [6.45, 7) is 1.73. The molecule has 0 atom stereocenters. The Kier molecular flexibility index (Phi) is 6.42. The van der Waals surface area contributed by atoms with Crippen molar-refractivity contribution in [3.8, 4) is 11.4 Å². The lowest BCUT2D eigenvalue weighted by atomic mass is 9.88. The average molecular weight is 601 g/mol. The van der Waals surface area contributed by atoms with Crippen LogP contribution in [0.4, 0.5) is 11.6 Å². The van der Waals surface area contributed by atoms with E-state index in [2.05, 4.69) is 40.8 Å². The van der Waals surface area contributed by atoms with Crippen LogP contribution in [0.2, 0.25) is 0 Å². The van der Waals surface area contributed by atoms with Gasteiger partial charge in [-0.2, -0.15) is 4.99 Å². The average Bonchev–Trinajstić information content (AvgIpc) is 3.49. The molecule has 3 aromatic rings. The number of likely N-dealkylation sites (tertiary alicyclic amines) is 1. The molecule has 4 heterocycles. The van der Waals surface area contributed by atoms with Crippen LogP contribution in [0.15, 0.2) is 35.3 Å². The van der Waals surface area contributed by atoms with Crippen molar-refractivity contribution in [2.45, 2.75) is 24.8 Å². The quantitative estimate of drug-likeness (QED) is 0.260. The summed E-state index contributed by atoms with van der Waals surface area (Å²) in [7, 11) is 0. The maximum Gasteiger partial charge on any atom is 0.302 e. The molecule has 2 aliphatic heterocycles. The molecule has 0 saturated carbocycles. The highest BCUT2D eigenvalue weighted by molar-refractivity contribution is 14.1. The van der Waals surface area contributed by atoms with Gasteiger partial charge in [-0.3, -0.25) is 9.59 Å². The summed E-state index contributed by atoms with van der Waals surface area (Å²) in [5.41, 5.74) is 12.0. The van der Waals surface area contributed by atoms with Crippen molar-refractivity contribution < 1.29 is 9.59 Å². The van der Waals surface area contributed by atoms with Gasteiger partial charge in [-0.1, -0.05) is 30.3 Å². The van der Waals surface area contributed by atoms with Crippen LogP contribution in [0.25, 0.3) is 11.4 Å². The predicted octanol–water partition coefficient (Wildman–Crippen LogP) is 0.324. The van der Waals surface area contributed by atoms with Gasteiger partial charge in [0.2, 0.25) is 5.91 Å². The Morgan fingerprint density at radius 1 is 1.08 bits per heavy atom. The second-order valence-electron chi connectivity index (χ2n) is 8.70. The maximum absolute atomic E-state index is 12.9. The molecular weight excluding hydrogens is 577 g/mol. The normalized spacial score (nSPS) is 17.7. The number of carbonyl (C=O) groups excluding carboxylic acids is 2. The van der Waals surface area contributed by atoms with Gasteiger partial charge in [-0.25, -0.2) is 9.97 Å². The minimum atomic E-state index is -0.612. The lowest BCUT2D eigenvalue weighted by Gasteiger charge is -2.38. The first-order valence-corrected chi connectivity index (χ1v) is 12.4. The monoisotopic (exact) mass is 601 g/mol. The molecule has 0 aliphatic carbocycles. The maximum atomic E-state index is 12.9.